The van der Waals surface area contributed by atoms with E-state index in [4.69, 9.17) is 14.2 Å². The molecule has 7 heteroatoms. The monoisotopic (exact) mass is 515 g/mol. The molecule has 0 aliphatic carbocycles. The number of ether oxygens (including phenoxy) is 3. The van der Waals surface area contributed by atoms with Gasteiger partial charge in [0, 0.05) is 25.8 Å². The van der Waals surface area contributed by atoms with Gasteiger partial charge in [-0.15, -0.1) is 0 Å². The van der Waals surface area contributed by atoms with Crippen molar-refractivity contribution in [1.82, 2.24) is 4.90 Å². The fraction of sp³-hybridized carbons (Fsp3) is 0.290. The van der Waals surface area contributed by atoms with Gasteiger partial charge >= 0.3 is 0 Å². The van der Waals surface area contributed by atoms with Crippen molar-refractivity contribution in [3.8, 4) is 11.5 Å². The summed E-state index contributed by atoms with van der Waals surface area (Å²) in [6, 6.07) is 23.3. The van der Waals surface area contributed by atoms with Crippen LogP contribution in [-0.4, -0.2) is 48.6 Å². The number of Topliss-reactive ketones (excluding diaryl/α,β-unsaturated/α-hetero) is 1. The van der Waals surface area contributed by atoms with E-state index in [1.807, 2.05) is 61.5 Å². The lowest BCUT2D eigenvalue weighted by Crippen LogP contribution is -2.31. The predicted molar refractivity (Wildman–Crippen MR) is 145 cm³/mol. The van der Waals surface area contributed by atoms with Crippen molar-refractivity contribution in [3.63, 3.8) is 0 Å². The lowest BCUT2D eigenvalue weighted by Gasteiger charge is -2.25. The Bertz CT molecular complexity index is 1270. The molecule has 1 heterocycles. The van der Waals surface area contributed by atoms with Gasteiger partial charge in [-0.2, -0.15) is 0 Å². The highest BCUT2D eigenvalue weighted by Gasteiger charge is 2.45. The molecule has 0 bridgehead atoms. The summed E-state index contributed by atoms with van der Waals surface area (Å²) in [5.74, 6) is -0.338. The first-order valence-corrected chi connectivity index (χ1v) is 12.8. The van der Waals surface area contributed by atoms with E-state index in [-0.39, 0.29) is 11.3 Å². The molecule has 0 saturated carbocycles. The van der Waals surface area contributed by atoms with Gasteiger partial charge in [0.15, 0.2) is 0 Å². The molecule has 1 amide bonds. The number of hydrogen-bond acceptors (Lipinski definition) is 6. The van der Waals surface area contributed by atoms with E-state index >= 15 is 0 Å². The average molecular weight is 516 g/mol. The summed E-state index contributed by atoms with van der Waals surface area (Å²) in [6.45, 7) is 3.72. The zero-order valence-corrected chi connectivity index (χ0v) is 21.8. The quantitative estimate of drug-likeness (QED) is 0.148. The fourth-order valence-electron chi connectivity index (χ4n) is 4.43. The third kappa shape index (κ3) is 6.23. The van der Waals surface area contributed by atoms with Crippen LogP contribution in [0.4, 0.5) is 0 Å². The molecule has 1 aliphatic heterocycles. The molecular weight excluding hydrogens is 482 g/mol. The van der Waals surface area contributed by atoms with E-state index in [1.165, 1.54) is 4.90 Å². The summed E-state index contributed by atoms with van der Waals surface area (Å²) >= 11 is 0. The molecule has 1 fully saturated rings. The maximum Gasteiger partial charge on any atom is 0.295 e. The van der Waals surface area contributed by atoms with Gasteiger partial charge in [0.2, 0.25) is 0 Å². The number of benzene rings is 3. The second-order valence-electron chi connectivity index (χ2n) is 9.06. The largest absolute Gasteiger partial charge is 0.507 e. The average Bonchev–Trinajstić information content (AvgIpc) is 3.21. The number of rotatable bonds is 12. The van der Waals surface area contributed by atoms with Crippen LogP contribution in [0.15, 0.2) is 84.4 Å². The van der Waals surface area contributed by atoms with E-state index in [1.54, 1.807) is 31.4 Å². The number of carbonyl (C=O) groups is 2. The highest BCUT2D eigenvalue weighted by Crippen LogP contribution is 2.40. The summed E-state index contributed by atoms with van der Waals surface area (Å²) in [5, 5.41) is 11.3. The van der Waals surface area contributed by atoms with Crippen molar-refractivity contribution >= 4 is 17.4 Å². The van der Waals surface area contributed by atoms with Gasteiger partial charge in [-0.25, -0.2) is 0 Å². The van der Waals surface area contributed by atoms with E-state index in [0.29, 0.717) is 55.4 Å². The topological polar surface area (TPSA) is 85.3 Å². The van der Waals surface area contributed by atoms with Gasteiger partial charge in [0.25, 0.3) is 11.7 Å². The van der Waals surface area contributed by atoms with Crippen molar-refractivity contribution in [3.05, 3.63) is 101 Å². The number of likely N-dealkylation sites (tertiary alicyclic amines) is 1. The van der Waals surface area contributed by atoms with E-state index in [9.17, 15) is 14.7 Å². The zero-order valence-electron chi connectivity index (χ0n) is 21.8. The molecule has 3 aromatic rings. The standard InChI is InChI=1S/C31H33NO6/c1-3-18-37-26-12-7-11-24(20-26)29(33)27-28(32(17-8-19-36-2)31(35)30(27)34)23-13-15-25(16-14-23)38-21-22-9-5-4-6-10-22/h4-7,9-16,20,28,33H,3,8,17-19,21H2,1-2H3/b29-27-. The number of nitrogens with zero attached hydrogens (tertiary/aromatic N) is 1. The Balaban J connectivity index is 1.66. The first-order chi connectivity index (χ1) is 18.5. The van der Waals surface area contributed by atoms with Crippen LogP contribution in [0.5, 0.6) is 11.5 Å². The summed E-state index contributed by atoms with van der Waals surface area (Å²) in [7, 11) is 1.59. The predicted octanol–water partition coefficient (Wildman–Crippen LogP) is 5.51. The smallest absolute Gasteiger partial charge is 0.295 e. The van der Waals surface area contributed by atoms with E-state index in [0.717, 1.165) is 12.0 Å². The Hall–Kier alpha value is -4.10. The lowest BCUT2D eigenvalue weighted by atomic mass is 9.95. The maximum absolute atomic E-state index is 13.2. The molecular formula is C31H33NO6. The zero-order chi connectivity index (χ0) is 26.9. The third-order valence-electron chi connectivity index (χ3n) is 6.31. The second-order valence-corrected chi connectivity index (χ2v) is 9.06. The molecule has 1 N–H and O–H groups in total. The van der Waals surface area contributed by atoms with Gasteiger partial charge in [0.1, 0.15) is 23.9 Å². The number of amides is 1. The van der Waals surface area contributed by atoms with Gasteiger partial charge in [0.05, 0.1) is 18.2 Å². The summed E-state index contributed by atoms with van der Waals surface area (Å²) in [5.41, 5.74) is 2.22. The van der Waals surface area contributed by atoms with E-state index < -0.39 is 17.7 Å². The van der Waals surface area contributed by atoms with Gasteiger partial charge < -0.3 is 24.2 Å². The van der Waals surface area contributed by atoms with Crippen LogP contribution in [-0.2, 0) is 20.9 Å². The van der Waals surface area contributed by atoms with Crippen LogP contribution in [0.1, 0.15) is 42.5 Å². The number of methoxy groups -OCH3 is 1. The molecule has 3 aromatic carbocycles. The molecule has 38 heavy (non-hydrogen) atoms. The molecule has 0 spiro atoms. The van der Waals surface area contributed by atoms with Gasteiger partial charge in [-0.3, -0.25) is 9.59 Å². The van der Waals surface area contributed by atoms with Crippen molar-refractivity contribution in [2.75, 3.05) is 26.9 Å². The van der Waals surface area contributed by atoms with Crippen molar-refractivity contribution in [2.45, 2.75) is 32.4 Å². The molecule has 7 nitrogen and oxygen atoms in total. The van der Waals surface area contributed by atoms with Crippen molar-refractivity contribution < 1.29 is 28.9 Å². The Morgan fingerprint density at radius 2 is 1.66 bits per heavy atom. The van der Waals surface area contributed by atoms with Gasteiger partial charge in [-0.05, 0) is 48.2 Å². The van der Waals surface area contributed by atoms with Crippen LogP contribution < -0.4 is 9.47 Å². The first kappa shape index (κ1) is 26.9. The molecule has 1 unspecified atom stereocenters. The van der Waals surface area contributed by atoms with E-state index in [2.05, 4.69) is 0 Å². The molecule has 4 rings (SSSR count). The Kier molecular flexibility index (Phi) is 9.16. The summed E-state index contributed by atoms with van der Waals surface area (Å²) in [6.07, 6.45) is 1.40. The fourth-order valence-corrected chi connectivity index (χ4v) is 4.43. The Morgan fingerprint density at radius 3 is 2.37 bits per heavy atom. The number of hydrogen-bond donors (Lipinski definition) is 1. The normalized spacial score (nSPS) is 16.6. The highest BCUT2D eigenvalue weighted by molar-refractivity contribution is 6.46. The molecule has 1 aliphatic rings. The number of carbonyl (C=O) groups excluding carboxylic acids is 2. The maximum atomic E-state index is 13.2. The summed E-state index contributed by atoms with van der Waals surface area (Å²) < 4.78 is 16.8. The molecule has 0 aromatic heterocycles. The minimum Gasteiger partial charge on any atom is -0.507 e. The minimum absolute atomic E-state index is 0.0537. The number of ketones is 1. The third-order valence-corrected chi connectivity index (χ3v) is 6.31. The SMILES string of the molecule is CCCOc1cccc(/C(O)=C2/C(=O)C(=O)N(CCCOC)C2c2ccc(OCc3ccccc3)cc2)c1. The Morgan fingerprint density at radius 1 is 0.895 bits per heavy atom. The molecule has 1 saturated heterocycles. The number of aliphatic hydroxyl groups is 1. The van der Waals surface area contributed by atoms with Crippen molar-refractivity contribution in [1.29, 1.82) is 0 Å². The van der Waals surface area contributed by atoms with Gasteiger partial charge in [-0.1, -0.05) is 61.5 Å². The molecule has 198 valence electrons. The second kappa shape index (κ2) is 12.9. The molecule has 1 atom stereocenters. The summed E-state index contributed by atoms with van der Waals surface area (Å²) in [4.78, 5) is 27.8. The highest BCUT2D eigenvalue weighted by atomic mass is 16.5. The van der Waals surface area contributed by atoms with Crippen LogP contribution in [0.2, 0.25) is 0 Å². The van der Waals surface area contributed by atoms with Crippen LogP contribution in [0.3, 0.4) is 0 Å². The van der Waals surface area contributed by atoms with Crippen LogP contribution in [0, 0.1) is 0 Å². The Labute approximate surface area is 223 Å². The van der Waals surface area contributed by atoms with Crippen LogP contribution in [0.25, 0.3) is 5.76 Å². The van der Waals surface area contributed by atoms with Crippen LogP contribution >= 0.6 is 0 Å². The lowest BCUT2D eigenvalue weighted by molar-refractivity contribution is -0.140. The molecule has 0 radical (unpaired) electrons. The minimum atomic E-state index is -0.741. The first-order valence-electron chi connectivity index (χ1n) is 12.8. The van der Waals surface area contributed by atoms with Crippen molar-refractivity contribution in [2.24, 2.45) is 0 Å². The number of aliphatic hydroxyl groups excluding tert-OH is 1.